The molecule has 2 bridgehead atoms. The van der Waals surface area contributed by atoms with Crippen molar-refractivity contribution in [2.75, 3.05) is 27.3 Å². The quantitative estimate of drug-likeness (QED) is 0.183. The zero-order chi connectivity index (χ0) is 40.8. The predicted octanol–water partition coefficient (Wildman–Crippen LogP) is 2.76. The monoisotopic (exact) mass is 768 g/mol. The number of amides is 3. The standard InChI is InChI=1S/C41H60N4O10/c1-25(2)36-39(51)42-32(24-29-13-11-14-30(47)23-29)40(52)45-21-12-15-33(44(45)6)41(53)55-35(26(3)20-22-54-7)17-10-8-9-16-34(48)28(5)37(49)31(38(50)43-36)19-18-27(4)46/h8-11,13-14,16,20,23,25,28,31-37,47-49H,12,15,17-19,21-22,24H2,1-7H3,(H,42,51)(H,43,50)/b10-8+,16-9+,26-20+/t28-,31+,32-,33-,34-,35-,36-,37+/m0/s1. The summed E-state index contributed by atoms with van der Waals surface area (Å²) in [5, 5.41) is 41.2. The molecule has 2 aliphatic heterocycles. The average molecular weight is 769 g/mol. The first kappa shape index (κ1) is 45.0. The van der Waals surface area contributed by atoms with Crippen molar-refractivity contribution in [1.29, 1.82) is 0 Å². The van der Waals surface area contributed by atoms with E-state index in [9.17, 15) is 39.3 Å². The Morgan fingerprint density at radius 3 is 2.47 bits per heavy atom. The van der Waals surface area contributed by atoms with Crippen molar-refractivity contribution < 1.29 is 48.8 Å². The summed E-state index contributed by atoms with van der Waals surface area (Å²) in [4.78, 5) is 68.2. The minimum Gasteiger partial charge on any atom is -0.508 e. The molecule has 8 atom stereocenters. The summed E-state index contributed by atoms with van der Waals surface area (Å²) >= 11 is 0. The van der Waals surface area contributed by atoms with E-state index in [0.29, 0.717) is 25.0 Å². The minimum atomic E-state index is -1.39. The van der Waals surface area contributed by atoms with Crippen LogP contribution in [0.25, 0.3) is 0 Å². The number of Topliss-reactive ketones (excluding diaryl/α,β-unsaturated/α-hetero) is 1. The Morgan fingerprint density at radius 1 is 1.09 bits per heavy atom. The van der Waals surface area contributed by atoms with Crippen molar-refractivity contribution in [2.45, 2.75) is 110 Å². The van der Waals surface area contributed by atoms with Gasteiger partial charge in [0.25, 0.3) is 5.91 Å². The number of rotatable bonds is 9. The van der Waals surface area contributed by atoms with Gasteiger partial charge in [-0.15, -0.1) is 0 Å². The number of allylic oxidation sites excluding steroid dienone is 2. The summed E-state index contributed by atoms with van der Waals surface area (Å²) in [5.41, 5.74) is 1.31. The van der Waals surface area contributed by atoms with Crippen LogP contribution in [0.3, 0.4) is 0 Å². The van der Waals surface area contributed by atoms with Crippen molar-refractivity contribution in [1.82, 2.24) is 20.7 Å². The van der Waals surface area contributed by atoms with Gasteiger partial charge in [0, 0.05) is 45.9 Å². The van der Waals surface area contributed by atoms with E-state index in [1.54, 1.807) is 65.3 Å². The molecule has 1 aromatic rings. The van der Waals surface area contributed by atoms with E-state index in [1.165, 1.54) is 35.2 Å². The summed E-state index contributed by atoms with van der Waals surface area (Å²) in [6.07, 6.45) is 6.26. The molecule has 304 valence electrons. The molecule has 3 rings (SSSR count). The summed E-state index contributed by atoms with van der Waals surface area (Å²) in [7, 11) is 3.18. The lowest BCUT2D eigenvalue weighted by Crippen LogP contribution is -2.62. The van der Waals surface area contributed by atoms with E-state index in [2.05, 4.69) is 10.6 Å². The van der Waals surface area contributed by atoms with Crippen LogP contribution in [-0.2, 0) is 39.9 Å². The number of nitrogens with one attached hydrogen (secondary N) is 2. The summed E-state index contributed by atoms with van der Waals surface area (Å²) < 4.78 is 11.3. The Kier molecular flexibility index (Phi) is 17.7. The number of esters is 1. The highest BCUT2D eigenvalue weighted by Gasteiger charge is 2.40. The molecule has 14 nitrogen and oxygen atoms in total. The van der Waals surface area contributed by atoms with Gasteiger partial charge in [0.05, 0.1) is 24.7 Å². The van der Waals surface area contributed by atoms with Gasteiger partial charge in [0.15, 0.2) is 0 Å². The number of hydrazine groups is 1. The molecule has 1 saturated heterocycles. The highest BCUT2D eigenvalue weighted by atomic mass is 16.5. The zero-order valence-corrected chi connectivity index (χ0v) is 33.1. The van der Waals surface area contributed by atoms with Gasteiger partial charge in [0.2, 0.25) is 11.8 Å². The van der Waals surface area contributed by atoms with E-state index >= 15 is 0 Å². The normalized spacial score (nSPS) is 29.7. The first-order chi connectivity index (χ1) is 26.0. The molecule has 55 heavy (non-hydrogen) atoms. The molecular formula is C41H60N4O10. The molecular weight excluding hydrogens is 708 g/mol. The largest absolute Gasteiger partial charge is 0.508 e. The van der Waals surface area contributed by atoms with Crippen molar-refractivity contribution >= 4 is 29.5 Å². The van der Waals surface area contributed by atoms with Crippen LogP contribution in [0.5, 0.6) is 5.75 Å². The zero-order valence-electron chi connectivity index (χ0n) is 33.1. The number of nitrogens with zero attached hydrogens (tertiary/aromatic N) is 2. The fourth-order valence-electron chi connectivity index (χ4n) is 6.75. The number of cyclic esters (lactones) is 1. The van der Waals surface area contributed by atoms with Crippen LogP contribution < -0.4 is 10.6 Å². The topological polar surface area (TPSA) is 195 Å². The molecule has 1 fully saturated rings. The lowest BCUT2D eigenvalue weighted by atomic mass is 9.84. The fraction of sp³-hybridized carbons (Fsp3) is 0.585. The van der Waals surface area contributed by atoms with E-state index in [0.717, 1.165) is 5.57 Å². The molecule has 14 heteroatoms. The van der Waals surface area contributed by atoms with Gasteiger partial charge in [-0.05, 0) is 62.3 Å². The number of aliphatic hydroxyl groups excluding tert-OH is 2. The van der Waals surface area contributed by atoms with Crippen LogP contribution in [0.4, 0.5) is 0 Å². The lowest BCUT2D eigenvalue weighted by molar-refractivity contribution is -0.174. The second kappa shape index (κ2) is 21.6. The third-order valence-corrected chi connectivity index (χ3v) is 10.3. The van der Waals surface area contributed by atoms with Crippen LogP contribution in [0.2, 0.25) is 0 Å². The number of ether oxygens (including phenoxy) is 2. The van der Waals surface area contributed by atoms with Crippen molar-refractivity contribution in [2.24, 2.45) is 17.8 Å². The Morgan fingerprint density at radius 2 is 1.82 bits per heavy atom. The number of likely N-dealkylation sites (N-methyl/N-ethyl adjacent to an activating group) is 1. The van der Waals surface area contributed by atoms with Crippen LogP contribution in [0.1, 0.15) is 72.3 Å². The number of methoxy groups -OCH3 is 1. The maximum Gasteiger partial charge on any atom is 0.325 e. The average Bonchev–Trinajstić information content (AvgIpc) is 3.13. The Hall–Kier alpha value is -4.37. The number of benzene rings is 1. The SMILES string of the molecule is COC/C=C(\C)[C@@H]1C/C=C/C=C/[C@H](O)[C@H](C)[C@@H](O)[C@@H](CCC(C)=O)C(=O)N[C@@H](C(C)C)C(=O)N[C@@H](Cc2cccc(O)c2)C(=O)N2CCC[C@@H](C(=O)O1)N2C. The molecule has 1 aromatic carbocycles. The highest BCUT2D eigenvalue weighted by Crippen LogP contribution is 2.25. The summed E-state index contributed by atoms with van der Waals surface area (Å²) in [6, 6.07) is 3.16. The molecule has 0 aromatic heterocycles. The van der Waals surface area contributed by atoms with Gasteiger partial charge >= 0.3 is 5.97 Å². The molecule has 5 N–H and O–H groups in total. The van der Waals surface area contributed by atoms with Crippen LogP contribution in [0, 0.1) is 17.8 Å². The van der Waals surface area contributed by atoms with Crippen LogP contribution in [-0.4, -0.2) is 119 Å². The predicted molar refractivity (Wildman–Crippen MR) is 206 cm³/mol. The molecule has 0 radical (unpaired) electrons. The number of ketones is 1. The molecule has 2 aliphatic rings. The fourth-order valence-corrected chi connectivity index (χ4v) is 6.75. The number of carbonyl (C=O) groups is 5. The Labute approximate surface area is 324 Å². The third kappa shape index (κ3) is 13.1. The number of phenolic OH excluding ortho intramolecular Hbond substituents is 1. The van der Waals surface area contributed by atoms with Gasteiger partial charge in [0.1, 0.15) is 35.8 Å². The molecule has 0 aliphatic carbocycles. The van der Waals surface area contributed by atoms with Gasteiger partial charge < -0.3 is 40.2 Å². The summed E-state index contributed by atoms with van der Waals surface area (Å²) in [6.45, 7) is 8.81. The maximum atomic E-state index is 14.4. The number of aliphatic hydroxyl groups is 2. The molecule has 0 spiro atoms. The molecule has 2 heterocycles. The number of aromatic hydroxyl groups is 1. The van der Waals surface area contributed by atoms with Crippen molar-refractivity contribution in [3.63, 3.8) is 0 Å². The Balaban J connectivity index is 2.10. The van der Waals surface area contributed by atoms with E-state index in [1.807, 2.05) is 13.0 Å². The second-order valence-electron chi connectivity index (χ2n) is 14.9. The number of fused-ring (bicyclic) bond motifs is 2. The Bertz CT molecular complexity index is 1580. The first-order valence-electron chi connectivity index (χ1n) is 19.0. The van der Waals surface area contributed by atoms with Gasteiger partial charge in [-0.25, -0.2) is 5.01 Å². The molecule has 3 amide bonds. The van der Waals surface area contributed by atoms with Crippen molar-refractivity contribution in [3.8, 4) is 5.75 Å². The van der Waals surface area contributed by atoms with E-state index in [4.69, 9.17) is 9.47 Å². The third-order valence-electron chi connectivity index (χ3n) is 10.3. The van der Waals surface area contributed by atoms with E-state index in [-0.39, 0.29) is 43.8 Å². The maximum absolute atomic E-state index is 14.4. The molecule has 0 saturated carbocycles. The number of hydrogen-bond donors (Lipinski definition) is 5. The van der Waals surface area contributed by atoms with Crippen LogP contribution >= 0.6 is 0 Å². The molecule has 0 unspecified atom stereocenters. The van der Waals surface area contributed by atoms with Gasteiger partial charge in [-0.3, -0.25) is 24.2 Å². The van der Waals surface area contributed by atoms with Gasteiger partial charge in [-0.1, -0.05) is 63.3 Å². The smallest absolute Gasteiger partial charge is 0.325 e. The second-order valence-corrected chi connectivity index (χ2v) is 14.9. The number of hydrogen-bond acceptors (Lipinski definition) is 11. The lowest BCUT2D eigenvalue weighted by Gasteiger charge is -2.42. The first-order valence-corrected chi connectivity index (χ1v) is 19.0. The summed E-state index contributed by atoms with van der Waals surface area (Å²) in [5.74, 6) is -5.06. The number of carbonyl (C=O) groups excluding carboxylic acids is 5. The minimum absolute atomic E-state index is 0.0100. The highest BCUT2D eigenvalue weighted by molar-refractivity contribution is 5.93. The number of phenols is 1. The van der Waals surface area contributed by atoms with E-state index < -0.39 is 77.9 Å². The van der Waals surface area contributed by atoms with Crippen LogP contribution in [0.15, 0.2) is 60.2 Å². The van der Waals surface area contributed by atoms with Crippen molar-refractivity contribution in [3.05, 3.63) is 65.8 Å². The van der Waals surface area contributed by atoms with Gasteiger partial charge in [-0.2, -0.15) is 0 Å².